The highest BCUT2D eigenvalue weighted by Crippen LogP contribution is 2.19. The van der Waals surface area contributed by atoms with Gasteiger partial charge in [0.2, 0.25) is 5.91 Å². The van der Waals surface area contributed by atoms with Crippen LogP contribution in [0.3, 0.4) is 0 Å². The number of aromatic amines is 1. The highest BCUT2D eigenvalue weighted by atomic mass is 35.5. The Morgan fingerprint density at radius 1 is 1.04 bits per heavy atom. The Morgan fingerprint density at radius 3 is 2.46 bits per heavy atom. The van der Waals surface area contributed by atoms with Crippen LogP contribution in [0.1, 0.15) is 28.8 Å². The van der Waals surface area contributed by atoms with E-state index in [1.807, 2.05) is 24.3 Å². The van der Waals surface area contributed by atoms with Crippen LogP contribution in [0.2, 0.25) is 5.02 Å². The summed E-state index contributed by atoms with van der Waals surface area (Å²) in [6.07, 6.45) is 1.80. The second kappa shape index (κ2) is 8.71. The van der Waals surface area contributed by atoms with E-state index in [9.17, 15) is 19.5 Å². The lowest BCUT2D eigenvalue weighted by atomic mass is 10.0. The molecule has 2 aromatic carbocycles. The third-order valence-electron chi connectivity index (χ3n) is 4.48. The van der Waals surface area contributed by atoms with Gasteiger partial charge >= 0.3 is 5.97 Å². The Labute approximate surface area is 166 Å². The molecule has 1 aromatic heterocycles. The second-order valence-corrected chi connectivity index (χ2v) is 6.89. The number of ketones is 1. The maximum Gasteiger partial charge on any atom is 0.326 e. The number of amides is 1. The van der Waals surface area contributed by atoms with E-state index in [1.165, 1.54) is 0 Å². The third-order valence-corrected chi connectivity index (χ3v) is 4.73. The molecule has 0 aliphatic rings. The van der Waals surface area contributed by atoms with Crippen molar-refractivity contribution in [3.05, 3.63) is 70.9 Å². The third kappa shape index (κ3) is 4.78. The Balaban J connectivity index is 1.59. The van der Waals surface area contributed by atoms with Crippen LogP contribution >= 0.6 is 11.6 Å². The van der Waals surface area contributed by atoms with Gasteiger partial charge < -0.3 is 15.4 Å². The van der Waals surface area contributed by atoms with E-state index in [0.29, 0.717) is 10.6 Å². The lowest BCUT2D eigenvalue weighted by molar-refractivity contribution is -0.141. The quantitative estimate of drug-likeness (QED) is 0.505. The number of hydrogen-bond acceptors (Lipinski definition) is 3. The number of carbonyl (C=O) groups excluding carboxylic acids is 2. The monoisotopic (exact) mass is 398 g/mol. The Kier molecular flexibility index (Phi) is 6.11. The zero-order valence-corrected chi connectivity index (χ0v) is 15.7. The average molecular weight is 399 g/mol. The van der Waals surface area contributed by atoms with E-state index in [0.717, 1.165) is 16.5 Å². The molecule has 0 bridgehead atoms. The number of nitrogens with one attached hydrogen (secondary N) is 2. The van der Waals surface area contributed by atoms with E-state index < -0.39 is 17.9 Å². The fourth-order valence-electron chi connectivity index (χ4n) is 2.99. The first-order chi connectivity index (χ1) is 13.4. The molecule has 7 heteroatoms. The van der Waals surface area contributed by atoms with E-state index in [1.54, 1.807) is 30.5 Å². The first-order valence-corrected chi connectivity index (χ1v) is 9.18. The predicted octanol–water partition coefficient (Wildman–Crippen LogP) is 3.60. The second-order valence-electron chi connectivity index (χ2n) is 6.45. The van der Waals surface area contributed by atoms with Crippen molar-refractivity contribution < 1.29 is 19.5 Å². The van der Waals surface area contributed by atoms with E-state index >= 15 is 0 Å². The molecule has 0 saturated heterocycles. The summed E-state index contributed by atoms with van der Waals surface area (Å²) in [6.45, 7) is 0. The van der Waals surface area contributed by atoms with Gasteiger partial charge in [0, 0.05) is 46.9 Å². The highest BCUT2D eigenvalue weighted by molar-refractivity contribution is 6.30. The Hall–Kier alpha value is -3.12. The number of halogens is 1. The number of carbonyl (C=O) groups is 3. The van der Waals surface area contributed by atoms with Crippen LogP contribution in [0.25, 0.3) is 10.9 Å². The summed E-state index contributed by atoms with van der Waals surface area (Å²) in [5.74, 6) is -1.80. The van der Waals surface area contributed by atoms with Gasteiger partial charge in [-0.1, -0.05) is 29.8 Å². The molecular formula is C21H19ClN2O4. The number of carboxylic acid groups (broad SMARTS) is 1. The minimum Gasteiger partial charge on any atom is -0.480 e. The SMILES string of the molecule is O=C(CCC(=O)c1ccc(Cl)cc1)NC(Cc1c[nH]c2ccccc12)C(=O)O. The number of aromatic nitrogens is 1. The van der Waals surface area contributed by atoms with Gasteiger partial charge in [-0.3, -0.25) is 9.59 Å². The van der Waals surface area contributed by atoms with Crippen LogP contribution in [0.5, 0.6) is 0 Å². The molecule has 0 aliphatic carbocycles. The van der Waals surface area contributed by atoms with Gasteiger partial charge in [0.15, 0.2) is 5.78 Å². The molecule has 1 unspecified atom stereocenters. The largest absolute Gasteiger partial charge is 0.480 e. The molecule has 3 rings (SSSR count). The number of H-pyrrole nitrogens is 1. The summed E-state index contributed by atoms with van der Waals surface area (Å²) < 4.78 is 0. The molecule has 0 saturated carbocycles. The summed E-state index contributed by atoms with van der Waals surface area (Å²) in [5.41, 5.74) is 2.17. The number of rotatable bonds is 8. The number of Topliss-reactive ketones (excluding diaryl/α,β-unsaturated/α-hetero) is 1. The van der Waals surface area contributed by atoms with Gasteiger partial charge in [-0.25, -0.2) is 4.79 Å². The van der Waals surface area contributed by atoms with Gasteiger partial charge in [0.1, 0.15) is 6.04 Å². The lowest BCUT2D eigenvalue weighted by Crippen LogP contribution is -2.42. The maximum absolute atomic E-state index is 12.2. The normalized spacial score (nSPS) is 11.9. The molecule has 0 aliphatic heterocycles. The number of aliphatic carboxylic acids is 1. The van der Waals surface area contributed by atoms with Crippen molar-refractivity contribution in [1.82, 2.24) is 10.3 Å². The molecule has 0 fully saturated rings. The van der Waals surface area contributed by atoms with Crippen LogP contribution < -0.4 is 5.32 Å². The van der Waals surface area contributed by atoms with Crippen molar-refractivity contribution >= 4 is 40.2 Å². The highest BCUT2D eigenvalue weighted by Gasteiger charge is 2.22. The number of carboxylic acids is 1. The standard InChI is InChI=1S/C21H19ClN2O4/c22-15-7-5-13(6-8-15)19(25)9-10-20(26)24-18(21(27)28)11-14-12-23-17-4-2-1-3-16(14)17/h1-8,12,18,23H,9-11H2,(H,24,26)(H,27,28). The minimum atomic E-state index is -1.12. The van der Waals surface area contributed by atoms with Crippen molar-refractivity contribution in [2.45, 2.75) is 25.3 Å². The lowest BCUT2D eigenvalue weighted by Gasteiger charge is -2.14. The van der Waals surface area contributed by atoms with Crippen molar-refractivity contribution in [2.24, 2.45) is 0 Å². The molecule has 3 N–H and O–H groups in total. The number of hydrogen-bond donors (Lipinski definition) is 3. The molecule has 0 radical (unpaired) electrons. The molecule has 28 heavy (non-hydrogen) atoms. The van der Waals surface area contributed by atoms with Crippen molar-refractivity contribution in [3.8, 4) is 0 Å². The molecule has 3 aromatic rings. The van der Waals surface area contributed by atoms with Gasteiger partial charge in [0.05, 0.1) is 0 Å². The number of fused-ring (bicyclic) bond motifs is 1. The Morgan fingerprint density at radius 2 is 1.75 bits per heavy atom. The fraction of sp³-hybridized carbons (Fsp3) is 0.190. The van der Waals surface area contributed by atoms with Crippen LogP contribution in [-0.4, -0.2) is 33.8 Å². The topological polar surface area (TPSA) is 99.3 Å². The van der Waals surface area contributed by atoms with Gasteiger partial charge in [-0.05, 0) is 35.9 Å². The minimum absolute atomic E-state index is 0.00705. The van der Waals surface area contributed by atoms with Crippen LogP contribution in [0.4, 0.5) is 0 Å². The average Bonchev–Trinajstić information content (AvgIpc) is 3.09. The van der Waals surface area contributed by atoms with Crippen LogP contribution in [0, 0.1) is 0 Å². The summed E-state index contributed by atoms with van der Waals surface area (Å²) in [6, 6.07) is 12.9. The van der Waals surface area contributed by atoms with Crippen molar-refractivity contribution in [3.63, 3.8) is 0 Å². The smallest absolute Gasteiger partial charge is 0.326 e. The van der Waals surface area contributed by atoms with E-state index in [2.05, 4.69) is 10.3 Å². The molecule has 1 heterocycles. The van der Waals surface area contributed by atoms with Gasteiger partial charge in [-0.2, -0.15) is 0 Å². The van der Waals surface area contributed by atoms with Gasteiger partial charge in [0.25, 0.3) is 0 Å². The van der Waals surface area contributed by atoms with E-state index in [4.69, 9.17) is 11.6 Å². The predicted molar refractivity (Wildman–Crippen MR) is 107 cm³/mol. The molecular weight excluding hydrogens is 380 g/mol. The Bertz CT molecular complexity index is 1010. The van der Waals surface area contributed by atoms with Crippen molar-refractivity contribution in [2.75, 3.05) is 0 Å². The van der Waals surface area contributed by atoms with E-state index in [-0.39, 0.29) is 25.0 Å². The fourth-order valence-corrected chi connectivity index (χ4v) is 3.12. The molecule has 1 atom stereocenters. The van der Waals surface area contributed by atoms with Crippen LogP contribution in [0.15, 0.2) is 54.7 Å². The maximum atomic E-state index is 12.2. The molecule has 0 spiro atoms. The first-order valence-electron chi connectivity index (χ1n) is 8.80. The van der Waals surface area contributed by atoms with Crippen molar-refractivity contribution in [1.29, 1.82) is 0 Å². The molecule has 144 valence electrons. The zero-order valence-electron chi connectivity index (χ0n) is 14.9. The molecule has 1 amide bonds. The number of para-hydroxylation sites is 1. The summed E-state index contributed by atoms with van der Waals surface area (Å²) in [7, 11) is 0. The summed E-state index contributed by atoms with van der Waals surface area (Å²) in [4.78, 5) is 39.0. The number of benzene rings is 2. The summed E-state index contributed by atoms with van der Waals surface area (Å²) in [5, 5.41) is 13.4. The summed E-state index contributed by atoms with van der Waals surface area (Å²) >= 11 is 5.79. The van der Waals surface area contributed by atoms with Crippen LogP contribution in [-0.2, 0) is 16.0 Å². The zero-order chi connectivity index (χ0) is 20.1. The van der Waals surface area contributed by atoms with Gasteiger partial charge in [-0.15, -0.1) is 0 Å². The first kappa shape index (κ1) is 19.6. The molecule has 6 nitrogen and oxygen atoms in total.